The summed E-state index contributed by atoms with van der Waals surface area (Å²) in [6, 6.07) is 12.2. The lowest BCUT2D eigenvalue weighted by Gasteiger charge is -2.11. The maximum absolute atomic E-state index is 14.2. The summed E-state index contributed by atoms with van der Waals surface area (Å²) in [6.45, 7) is 1.76. The van der Waals surface area contributed by atoms with Gasteiger partial charge in [0.25, 0.3) is 5.88 Å². The van der Waals surface area contributed by atoms with E-state index < -0.39 is 17.3 Å². The van der Waals surface area contributed by atoms with Gasteiger partial charge in [0.2, 0.25) is 0 Å². The first-order valence-corrected chi connectivity index (χ1v) is 8.81. The summed E-state index contributed by atoms with van der Waals surface area (Å²) in [5.41, 5.74) is 6.63. The Bertz CT molecular complexity index is 1290. The van der Waals surface area contributed by atoms with Crippen LogP contribution < -0.4 is 16.1 Å². The Morgan fingerprint density at radius 2 is 1.97 bits per heavy atom. The van der Waals surface area contributed by atoms with E-state index in [4.69, 9.17) is 14.9 Å². The molecule has 2 aromatic carbocycles. The number of aromatic nitrogens is 1. The fourth-order valence-corrected chi connectivity index (χ4v) is 3.13. The highest BCUT2D eigenvalue weighted by Gasteiger charge is 2.16. The first-order chi connectivity index (χ1) is 13.9. The van der Waals surface area contributed by atoms with Gasteiger partial charge in [-0.05, 0) is 48.4 Å². The van der Waals surface area contributed by atoms with Crippen molar-refractivity contribution in [2.45, 2.75) is 13.3 Å². The van der Waals surface area contributed by atoms with E-state index in [1.165, 1.54) is 30.5 Å². The predicted octanol–water partition coefficient (Wildman–Crippen LogP) is 4.74. The zero-order valence-corrected chi connectivity index (χ0v) is 15.4. The Kier molecular flexibility index (Phi) is 4.72. The minimum Gasteiger partial charge on any atom is -0.436 e. The summed E-state index contributed by atoms with van der Waals surface area (Å²) in [7, 11) is 0. The number of hydrogen-bond donors (Lipinski definition) is 1. The average Bonchev–Trinajstić information content (AvgIpc) is 2.70. The zero-order valence-electron chi connectivity index (χ0n) is 15.4. The highest BCUT2D eigenvalue weighted by Crippen LogP contribution is 2.29. The van der Waals surface area contributed by atoms with Gasteiger partial charge in [0.15, 0.2) is 5.82 Å². The molecule has 0 bridgehead atoms. The molecule has 0 spiro atoms. The molecule has 0 aliphatic carbocycles. The molecule has 4 rings (SSSR count). The largest absolute Gasteiger partial charge is 0.436 e. The van der Waals surface area contributed by atoms with Crippen LogP contribution in [0.5, 0.6) is 11.6 Å². The number of ether oxygens (including phenoxy) is 1. The molecule has 0 atom stereocenters. The molecule has 2 N–H and O–H groups in total. The number of halogens is 2. The number of fused-ring (bicyclic) bond motifs is 1. The summed E-state index contributed by atoms with van der Waals surface area (Å²) < 4.78 is 38.8. The Morgan fingerprint density at radius 1 is 1.14 bits per heavy atom. The average molecular weight is 394 g/mol. The van der Waals surface area contributed by atoms with Crippen molar-refractivity contribution < 1.29 is 17.9 Å². The number of nitrogens with zero attached hydrogens (tertiary/aromatic N) is 1. The molecule has 0 unspecified atom stereocenters. The van der Waals surface area contributed by atoms with E-state index in [0.29, 0.717) is 22.1 Å². The molecule has 4 aromatic rings. The number of rotatable bonds is 4. The van der Waals surface area contributed by atoms with Crippen LogP contribution in [0.15, 0.2) is 63.9 Å². The number of pyridine rings is 1. The minimum atomic E-state index is -0.607. The van der Waals surface area contributed by atoms with Crippen LogP contribution in [0.4, 0.5) is 14.5 Å². The zero-order chi connectivity index (χ0) is 20.5. The molecule has 7 heteroatoms. The molecular formula is C22H16F2N2O3. The number of anilines is 1. The van der Waals surface area contributed by atoms with Crippen molar-refractivity contribution in [1.82, 2.24) is 4.98 Å². The summed E-state index contributed by atoms with van der Waals surface area (Å²) in [4.78, 5) is 16.4. The first-order valence-electron chi connectivity index (χ1n) is 8.81. The van der Waals surface area contributed by atoms with Gasteiger partial charge < -0.3 is 14.9 Å². The van der Waals surface area contributed by atoms with Gasteiger partial charge in [-0.15, -0.1) is 0 Å². The summed E-state index contributed by atoms with van der Waals surface area (Å²) in [5.74, 6) is -1.07. The molecule has 0 aliphatic rings. The van der Waals surface area contributed by atoms with E-state index >= 15 is 0 Å². The summed E-state index contributed by atoms with van der Waals surface area (Å²) >= 11 is 0. The Morgan fingerprint density at radius 3 is 2.76 bits per heavy atom. The SMILES string of the molecule is Cc1c(Cc2cccc(N)c2F)c(=O)oc2cc(Oc3ncccc3F)ccc12. The van der Waals surface area contributed by atoms with Crippen molar-refractivity contribution in [1.29, 1.82) is 0 Å². The molecule has 146 valence electrons. The van der Waals surface area contributed by atoms with Crippen LogP contribution in [0.25, 0.3) is 11.0 Å². The van der Waals surface area contributed by atoms with Gasteiger partial charge in [-0.3, -0.25) is 0 Å². The number of nitrogens with two attached hydrogens (primary N) is 1. The van der Waals surface area contributed by atoms with Crippen LogP contribution in [-0.4, -0.2) is 4.98 Å². The quantitative estimate of drug-likeness (QED) is 0.400. The fraction of sp³-hybridized carbons (Fsp3) is 0.0909. The van der Waals surface area contributed by atoms with Gasteiger partial charge >= 0.3 is 5.63 Å². The standard InChI is InChI=1S/C22H16F2N2O3/c1-12-15-8-7-14(28-21-17(23)5-3-9-26-21)11-19(15)29-22(27)16(12)10-13-4-2-6-18(25)20(13)24/h2-9,11H,10,25H2,1H3. The van der Waals surface area contributed by atoms with Crippen molar-refractivity contribution in [3.8, 4) is 11.6 Å². The third-order valence-electron chi connectivity index (χ3n) is 4.67. The Labute approximate surface area is 164 Å². The topological polar surface area (TPSA) is 78.4 Å². The van der Waals surface area contributed by atoms with Crippen molar-refractivity contribution in [2.75, 3.05) is 5.73 Å². The van der Waals surface area contributed by atoms with Crippen molar-refractivity contribution in [2.24, 2.45) is 0 Å². The van der Waals surface area contributed by atoms with E-state index in [0.717, 1.165) is 0 Å². The van der Waals surface area contributed by atoms with E-state index in [2.05, 4.69) is 4.98 Å². The van der Waals surface area contributed by atoms with Gasteiger partial charge in [0.1, 0.15) is 17.1 Å². The van der Waals surface area contributed by atoms with Gasteiger partial charge in [-0.25, -0.2) is 18.6 Å². The number of aryl methyl sites for hydroxylation is 1. The molecule has 29 heavy (non-hydrogen) atoms. The number of benzene rings is 2. The second kappa shape index (κ2) is 7.35. The third kappa shape index (κ3) is 3.54. The van der Waals surface area contributed by atoms with Crippen molar-refractivity contribution >= 4 is 16.7 Å². The van der Waals surface area contributed by atoms with Crippen LogP contribution in [0.2, 0.25) is 0 Å². The highest BCUT2D eigenvalue weighted by atomic mass is 19.1. The molecule has 0 aliphatic heterocycles. The molecular weight excluding hydrogens is 378 g/mol. The smallest absolute Gasteiger partial charge is 0.340 e. The predicted molar refractivity (Wildman–Crippen MR) is 105 cm³/mol. The van der Waals surface area contributed by atoms with E-state index in [-0.39, 0.29) is 29.3 Å². The van der Waals surface area contributed by atoms with E-state index in [9.17, 15) is 13.6 Å². The number of hydrogen-bond acceptors (Lipinski definition) is 5. The second-order valence-corrected chi connectivity index (χ2v) is 6.54. The van der Waals surface area contributed by atoms with Crippen LogP contribution >= 0.6 is 0 Å². The summed E-state index contributed by atoms with van der Waals surface area (Å²) in [5, 5.41) is 0.665. The lowest BCUT2D eigenvalue weighted by Crippen LogP contribution is -2.12. The molecule has 0 saturated carbocycles. The van der Waals surface area contributed by atoms with E-state index in [1.807, 2.05) is 0 Å². The molecule has 0 amide bonds. The highest BCUT2D eigenvalue weighted by molar-refractivity contribution is 5.82. The molecule has 5 nitrogen and oxygen atoms in total. The van der Waals surface area contributed by atoms with Crippen molar-refractivity contribution in [3.05, 3.63) is 93.5 Å². The minimum absolute atomic E-state index is 0.0221. The van der Waals surface area contributed by atoms with Crippen LogP contribution in [0, 0.1) is 18.6 Å². The van der Waals surface area contributed by atoms with Gasteiger partial charge in [-0.1, -0.05) is 12.1 Å². The normalized spacial score (nSPS) is 11.0. The molecule has 0 radical (unpaired) electrons. The Balaban J connectivity index is 1.73. The third-order valence-corrected chi connectivity index (χ3v) is 4.67. The molecule has 2 heterocycles. The second-order valence-electron chi connectivity index (χ2n) is 6.54. The lowest BCUT2D eigenvalue weighted by atomic mass is 9.99. The number of nitrogen functional groups attached to an aromatic ring is 1. The van der Waals surface area contributed by atoms with Gasteiger partial charge in [0, 0.05) is 29.6 Å². The molecule has 0 saturated heterocycles. The van der Waals surface area contributed by atoms with Crippen LogP contribution in [0.1, 0.15) is 16.7 Å². The van der Waals surface area contributed by atoms with Gasteiger partial charge in [0.05, 0.1) is 5.69 Å². The monoisotopic (exact) mass is 394 g/mol. The Hall–Kier alpha value is -3.74. The van der Waals surface area contributed by atoms with Crippen LogP contribution in [-0.2, 0) is 6.42 Å². The maximum atomic E-state index is 14.2. The summed E-state index contributed by atoms with van der Waals surface area (Å²) in [6.07, 6.45) is 1.46. The molecule has 2 aromatic heterocycles. The fourth-order valence-electron chi connectivity index (χ4n) is 3.13. The van der Waals surface area contributed by atoms with E-state index in [1.54, 1.807) is 31.2 Å². The first kappa shape index (κ1) is 18.6. The maximum Gasteiger partial charge on any atom is 0.340 e. The molecule has 0 fully saturated rings. The van der Waals surface area contributed by atoms with Gasteiger partial charge in [-0.2, -0.15) is 0 Å². The lowest BCUT2D eigenvalue weighted by molar-refractivity contribution is 0.422. The van der Waals surface area contributed by atoms with Crippen LogP contribution in [0.3, 0.4) is 0 Å². The van der Waals surface area contributed by atoms with Crippen molar-refractivity contribution in [3.63, 3.8) is 0 Å².